The average Bonchev–Trinajstić information content (AvgIpc) is 2.96. The lowest BCUT2D eigenvalue weighted by Gasteiger charge is -2.07. The molecule has 0 radical (unpaired) electrons. The molecule has 0 atom stereocenters. The number of hydrazine groups is 1. The fourth-order valence-corrected chi connectivity index (χ4v) is 2.14. The van der Waals surface area contributed by atoms with Crippen LogP contribution in [0.3, 0.4) is 0 Å². The number of carbonyl (C=O) groups is 1. The molecule has 0 aliphatic rings. The minimum absolute atomic E-state index is 0.184. The number of benzene rings is 1. The predicted octanol–water partition coefficient (Wildman–Crippen LogP) is 1.65. The molecule has 3 aromatic rings. The van der Waals surface area contributed by atoms with Gasteiger partial charge in [0.15, 0.2) is 0 Å². The lowest BCUT2D eigenvalue weighted by Crippen LogP contribution is -2.31. The van der Waals surface area contributed by atoms with Gasteiger partial charge in [-0.25, -0.2) is 4.98 Å². The molecule has 0 fully saturated rings. The van der Waals surface area contributed by atoms with E-state index in [2.05, 4.69) is 25.8 Å². The standard InChI is InChI=1S/C15H15N5O2/c1-22-14-6-7-16-15(18-14)20-19-13(21)8-10-9-17-12-5-3-2-4-11(10)12/h2-7,9,17H,8H2,1H3,(H,19,21)(H,16,18,20). The number of amides is 1. The first-order valence-electron chi connectivity index (χ1n) is 6.73. The first-order chi connectivity index (χ1) is 10.8. The van der Waals surface area contributed by atoms with Crippen LogP contribution in [0.2, 0.25) is 0 Å². The Labute approximate surface area is 126 Å². The summed E-state index contributed by atoms with van der Waals surface area (Å²) in [6, 6.07) is 9.47. The third-order valence-electron chi connectivity index (χ3n) is 3.18. The summed E-state index contributed by atoms with van der Waals surface area (Å²) in [5.74, 6) is 0.506. The number of nitrogens with zero attached hydrogens (tertiary/aromatic N) is 2. The van der Waals surface area contributed by atoms with Crippen molar-refractivity contribution < 1.29 is 9.53 Å². The van der Waals surface area contributed by atoms with E-state index < -0.39 is 0 Å². The van der Waals surface area contributed by atoms with Gasteiger partial charge in [-0.05, 0) is 11.6 Å². The number of anilines is 1. The Kier molecular flexibility index (Phi) is 3.86. The molecule has 2 heterocycles. The zero-order valence-electron chi connectivity index (χ0n) is 12.0. The molecule has 7 heteroatoms. The van der Waals surface area contributed by atoms with Gasteiger partial charge in [0.2, 0.25) is 17.7 Å². The van der Waals surface area contributed by atoms with Crippen LogP contribution in [0.1, 0.15) is 5.56 Å². The third-order valence-corrected chi connectivity index (χ3v) is 3.18. The van der Waals surface area contributed by atoms with Gasteiger partial charge >= 0.3 is 0 Å². The van der Waals surface area contributed by atoms with Crippen LogP contribution in [-0.4, -0.2) is 28.0 Å². The summed E-state index contributed by atoms with van der Waals surface area (Å²) in [4.78, 5) is 23.2. The van der Waals surface area contributed by atoms with Gasteiger partial charge in [0.25, 0.3) is 0 Å². The summed E-state index contributed by atoms with van der Waals surface area (Å²) in [6.07, 6.45) is 3.63. The topological polar surface area (TPSA) is 91.9 Å². The molecule has 0 unspecified atom stereocenters. The number of nitrogens with one attached hydrogen (secondary N) is 3. The van der Waals surface area contributed by atoms with Gasteiger partial charge in [-0.15, -0.1) is 0 Å². The van der Waals surface area contributed by atoms with Gasteiger partial charge in [-0.1, -0.05) is 18.2 Å². The molecule has 1 aromatic carbocycles. The molecule has 3 N–H and O–H groups in total. The highest BCUT2D eigenvalue weighted by Crippen LogP contribution is 2.17. The van der Waals surface area contributed by atoms with Crippen LogP contribution in [-0.2, 0) is 11.2 Å². The summed E-state index contributed by atoms with van der Waals surface area (Å²) < 4.78 is 4.99. The molecular weight excluding hydrogens is 282 g/mol. The minimum Gasteiger partial charge on any atom is -0.481 e. The number of aromatic nitrogens is 3. The quantitative estimate of drug-likeness (QED) is 0.623. The second kappa shape index (κ2) is 6.13. The Morgan fingerprint density at radius 1 is 1.32 bits per heavy atom. The van der Waals surface area contributed by atoms with Gasteiger partial charge in [-0.3, -0.25) is 15.6 Å². The molecular formula is C15H15N5O2. The molecule has 2 aromatic heterocycles. The monoisotopic (exact) mass is 297 g/mol. The zero-order valence-corrected chi connectivity index (χ0v) is 12.0. The van der Waals surface area contributed by atoms with E-state index in [-0.39, 0.29) is 18.3 Å². The van der Waals surface area contributed by atoms with Gasteiger partial charge in [0.1, 0.15) is 0 Å². The molecule has 0 saturated carbocycles. The van der Waals surface area contributed by atoms with Crippen LogP contribution in [0.5, 0.6) is 5.88 Å². The van der Waals surface area contributed by atoms with E-state index in [0.717, 1.165) is 16.5 Å². The Morgan fingerprint density at radius 2 is 2.18 bits per heavy atom. The molecule has 112 valence electrons. The first-order valence-corrected chi connectivity index (χ1v) is 6.73. The maximum Gasteiger partial charge on any atom is 0.245 e. The highest BCUT2D eigenvalue weighted by molar-refractivity contribution is 5.89. The van der Waals surface area contributed by atoms with Crippen LogP contribution in [0.4, 0.5) is 5.95 Å². The van der Waals surface area contributed by atoms with Crippen molar-refractivity contribution in [2.75, 3.05) is 12.5 Å². The van der Waals surface area contributed by atoms with E-state index in [4.69, 9.17) is 4.74 Å². The number of para-hydroxylation sites is 1. The van der Waals surface area contributed by atoms with Gasteiger partial charge in [0, 0.05) is 29.4 Å². The molecule has 0 saturated heterocycles. The minimum atomic E-state index is -0.184. The molecule has 0 aliphatic carbocycles. The Morgan fingerprint density at radius 3 is 3.05 bits per heavy atom. The van der Waals surface area contributed by atoms with Crippen molar-refractivity contribution in [3.63, 3.8) is 0 Å². The SMILES string of the molecule is COc1ccnc(NNC(=O)Cc2c[nH]c3ccccc23)n1. The highest BCUT2D eigenvalue weighted by Gasteiger charge is 2.08. The summed E-state index contributed by atoms with van der Waals surface area (Å²) in [5.41, 5.74) is 7.18. The van der Waals surface area contributed by atoms with Crippen LogP contribution < -0.4 is 15.6 Å². The molecule has 0 bridgehead atoms. The number of H-pyrrole nitrogens is 1. The van der Waals surface area contributed by atoms with Crippen molar-refractivity contribution in [3.8, 4) is 5.88 Å². The normalized spacial score (nSPS) is 10.4. The van der Waals surface area contributed by atoms with Gasteiger partial charge in [0.05, 0.1) is 13.5 Å². The van der Waals surface area contributed by atoms with Crippen LogP contribution >= 0.6 is 0 Å². The summed E-state index contributed by atoms with van der Waals surface area (Å²) in [7, 11) is 1.52. The number of rotatable bonds is 5. The Bertz CT molecular complexity index is 799. The first kappa shape index (κ1) is 13.9. The number of fused-ring (bicyclic) bond motifs is 1. The van der Waals surface area contributed by atoms with Crippen molar-refractivity contribution in [1.29, 1.82) is 0 Å². The fourth-order valence-electron chi connectivity index (χ4n) is 2.14. The van der Waals surface area contributed by atoms with Gasteiger partial charge in [-0.2, -0.15) is 4.98 Å². The number of hydrogen-bond donors (Lipinski definition) is 3. The largest absolute Gasteiger partial charge is 0.481 e. The fraction of sp³-hybridized carbons (Fsp3) is 0.133. The van der Waals surface area contributed by atoms with Crippen molar-refractivity contribution in [3.05, 3.63) is 48.3 Å². The maximum atomic E-state index is 12.0. The molecule has 1 amide bonds. The van der Waals surface area contributed by atoms with E-state index in [1.165, 1.54) is 7.11 Å². The van der Waals surface area contributed by atoms with E-state index in [0.29, 0.717) is 5.88 Å². The lowest BCUT2D eigenvalue weighted by molar-refractivity contribution is -0.119. The van der Waals surface area contributed by atoms with E-state index in [1.54, 1.807) is 12.3 Å². The molecule has 0 spiro atoms. The molecule has 0 aliphatic heterocycles. The van der Waals surface area contributed by atoms with E-state index in [1.807, 2.05) is 30.5 Å². The second-order valence-corrected chi connectivity index (χ2v) is 4.63. The number of hydrogen-bond acceptors (Lipinski definition) is 5. The third kappa shape index (κ3) is 2.98. The Hall–Kier alpha value is -3.09. The number of carbonyl (C=O) groups excluding carboxylic acids is 1. The van der Waals surface area contributed by atoms with E-state index in [9.17, 15) is 4.79 Å². The van der Waals surface area contributed by atoms with Crippen LogP contribution in [0.15, 0.2) is 42.7 Å². The van der Waals surface area contributed by atoms with Crippen LogP contribution in [0.25, 0.3) is 10.9 Å². The molecule has 7 nitrogen and oxygen atoms in total. The lowest BCUT2D eigenvalue weighted by atomic mass is 10.1. The summed E-state index contributed by atoms with van der Waals surface area (Å²) in [5, 5.41) is 1.04. The number of aromatic amines is 1. The number of ether oxygens (including phenoxy) is 1. The van der Waals surface area contributed by atoms with E-state index >= 15 is 0 Å². The zero-order chi connectivity index (χ0) is 15.4. The molecule has 3 rings (SSSR count). The highest BCUT2D eigenvalue weighted by atomic mass is 16.5. The summed E-state index contributed by atoms with van der Waals surface area (Å²) in [6.45, 7) is 0. The summed E-state index contributed by atoms with van der Waals surface area (Å²) >= 11 is 0. The smallest absolute Gasteiger partial charge is 0.245 e. The van der Waals surface area contributed by atoms with Crippen molar-refractivity contribution >= 4 is 22.8 Å². The molecule has 22 heavy (non-hydrogen) atoms. The Balaban J connectivity index is 1.63. The van der Waals surface area contributed by atoms with Crippen LogP contribution in [0, 0.1) is 0 Å². The average molecular weight is 297 g/mol. The maximum absolute atomic E-state index is 12.0. The van der Waals surface area contributed by atoms with Crippen molar-refractivity contribution in [1.82, 2.24) is 20.4 Å². The second-order valence-electron chi connectivity index (χ2n) is 4.63. The van der Waals surface area contributed by atoms with Crippen molar-refractivity contribution in [2.45, 2.75) is 6.42 Å². The number of methoxy groups -OCH3 is 1. The van der Waals surface area contributed by atoms with Gasteiger partial charge < -0.3 is 9.72 Å². The predicted molar refractivity (Wildman–Crippen MR) is 82.4 cm³/mol. The van der Waals surface area contributed by atoms with Crippen molar-refractivity contribution in [2.24, 2.45) is 0 Å².